The van der Waals surface area contributed by atoms with Crippen molar-refractivity contribution in [3.63, 3.8) is 0 Å². The fourth-order valence-corrected chi connectivity index (χ4v) is 2.43. The van der Waals surface area contributed by atoms with Crippen LogP contribution >= 0.6 is 0 Å². The van der Waals surface area contributed by atoms with Crippen molar-refractivity contribution in [2.75, 3.05) is 11.9 Å². The van der Waals surface area contributed by atoms with E-state index >= 15 is 0 Å². The average Bonchev–Trinajstić information content (AvgIpc) is 2.92. The first-order valence-corrected chi connectivity index (χ1v) is 7.05. The van der Waals surface area contributed by atoms with Gasteiger partial charge in [0.25, 0.3) is 0 Å². The monoisotopic (exact) mass is 278 g/mol. The Kier molecular flexibility index (Phi) is 3.48. The van der Waals surface area contributed by atoms with E-state index in [1.807, 2.05) is 30.3 Å². The quantitative estimate of drug-likeness (QED) is 0.706. The van der Waals surface area contributed by atoms with E-state index in [0.717, 1.165) is 22.2 Å². The summed E-state index contributed by atoms with van der Waals surface area (Å²) in [5, 5.41) is 4.18. The Bertz CT molecular complexity index is 802. The third-order valence-corrected chi connectivity index (χ3v) is 3.85. The Balaban J connectivity index is 1.76. The van der Waals surface area contributed by atoms with Gasteiger partial charge >= 0.3 is 0 Å². The van der Waals surface area contributed by atoms with E-state index in [-0.39, 0.29) is 5.78 Å². The van der Waals surface area contributed by atoms with Gasteiger partial charge in [-0.2, -0.15) is 0 Å². The summed E-state index contributed by atoms with van der Waals surface area (Å²) in [4.78, 5) is 15.5. The number of ketones is 1. The number of rotatable bonds is 4. The molecule has 21 heavy (non-hydrogen) atoms. The van der Waals surface area contributed by atoms with Crippen molar-refractivity contribution in [3.8, 4) is 0 Å². The van der Waals surface area contributed by atoms with Crippen LogP contribution in [0.5, 0.6) is 0 Å². The summed E-state index contributed by atoms with van der Waals surface area (Å²) in [5.74, 6) is 0.0886. The number of aromatic amines is 1. The van der Waals surface area contributed by atoms with Crippen LogP contribution in [0.25, 0.3) is 10.9 Å². The van der Waals surface area contributed by atoms with Crippen LogP contribution in [0.2, 0.25) is 0 Å². The number of H-pyrrole nitrogens is 1. The molecule has 3 heteroatoms. The summed E-state index contributed by atoms with van der Waals surface area (Å²) in [6.07, 6.45) is 1.79. The van der Waals surface area contributed by atoms with Gasteiger partial charge in [-0.1, -0.05) is 24.3 Å². The highest BCUT2D eigenvalue weighted by atomic mass is 16.1. The highest BCUT2D eigenvalue weighted by molar-refractivity contribution is 6.09. The molecule has 0 bridgehead atoms. The highest BCUT2D eigenvalue weighted by Gasteiger charge is 2.11. The first kappa shape index (κ1) is 13.4. The maximum Gasteiger partial charge on any atom is 0.183 e. The molecule has 3 aromatic rings. The zero-order valence-electron chi connectivity index (χ0n) is 12.2. The molecule has 3 nitrogen and oxygen atoms in total. The number of para-hydroxylation sites is 1. The molecule has 3 rings (SSSR count). The molecule has 2 N–H and O–H groups in total. The lowest BCUT2D eigenvalue weighted by molar-refractivity contribution is 0.101. The third-order valence-electron chi connectivity index (χ3n) is 3.85. The van der Waals surface area contributed by atoms with Crippen LogP contribution < -0.4 is 5.32 Å². The van der Waals surface area contributed by atoms with Gasteiger partial charge in [-0.15, -0.1) is 0 Å². The second kappa shape index (κ2) is 5.44. The van der Waals surface area contributed by atoms with Gasteiger partial charge in [-0.05, 0) is 43.2 Å². The molecule has 0 saturated heterocycles. The lowest BCUT2D eigenvalue weighted by Gasteiger charge is -2.08. The standard InChI is InChI=1S/C18H18N2O/c1-12-7-8-14(9-13(12)2)19-11-18(21)16-10-20-17-6-4-3-5-15(16)17/h3-10,19-20H,11H2,1-2H3. The number of hydrogen-bond donors (Lipinski definition) is 2. The normalized spacial score (nSPS) is 10.8. The number of hydrogen-bond acceptors (Lipinski definition) is 2. The van der Waals surface area contributed by atoms with Crippen molar-refractivity contribution in [2.24, 2.45) is 0 Å². The smallest absolute Gasteiger partial charge is 0.183 e. The van der Waals surface area contributed by atoms with Gasteiger partial charge in [-0.3, -0.25) is 4.79 Å². The molecule has 106 valence electrons. The van der Waals surface area contributed by atoms with E-state index < -0.39 is 0 Å². The van der Waals surface area contributed by atoms with E-state index in [1.54, 1.807) is 6.20 Å². The van der Waals surface area contributed by atoms with Crippen molar-refractivity contribution >= 4 is 22.4 Å². The van der Waals surface area contributed by atoms with Crippen LogP contribution in [0.4, 0.5) is 5.69 Å². The van der Waals surface area contributed by atoms with E-state index in [1.165, 1.54) is 11.1 Å². The minimum Gasteiger partial charge on any atom is -0.378 e. The number of aryl methyl sites for hydroxylation is 2. The van der Waals surface area contributed by atoms with Crippen molar-refractivity contribution in [1.29, 1.82) is 0 Å². The number of carbonyl (C=O) groups is 1. The van der Waals surface area contributed by atoms with Crippen LogP contribution in [-0.4, -0.2) is 17.3 Å². The Morgan fingerprint density at radius 1 is 1.10 bits per heavy atom. The molecule has 0 saturated carbocycles. The van der Waals surface area contributed by atoms with Gasteiger partial charge in [0.05, 0.1) is 6.54 Å². The number of fused-ring (bicyclic) bond motifs is 1. The Labute approximate surface area is 124 Å². The lowest BCUT2D eigenvalue weighted by Crippen LogP contribution is -2.13. The Morgan fingerprint density at radius 3 is 2.71 bits per heavy atom. The number of carbonyl (C=O) groups excluding carboxylic acids is 1. The molecule has 1 aromatic heterocycles. The predicted octanol–water partition coefficient (Wildman–Crippen LogP) is 4.08. The SMILES string of the molecule is Cc1ccc(NCC(=O)c2c[nH]c3ccccc23)cc1C. The molecule has 0 aliphatic rings. The van der Waals surface area contributed by atoms with Gasteiger partial charge in [0, 0.05) is 28.4 Å². The average molecular weight is 278 g/mol. The minimum atomic E-state index is 0.0886. The topological polar surface area (TPSA) is 44.9 Å². The predicted molar refractivity (Wildman–Crippen MR) is 87.0 cm³/mol. The maximum atomic E-state index is 12.4. The van der Waals surface area contributed by atoms with E-state index in [2.05, 4.69) is 36.3 Å². The van der Waals surface area contributed by atoms with Crippen LogP contribution in [-0.2, 0) is 0 Å². The van der Waals surface area contributed by atoms with E-state index in [4.69, 9.17) is 0 Å². The zero-order chi connectivity index (χ0) is 14.8. The van der Waals surface area contributed by atoms with Crippen LogP contribution in [0.1, 0.15) is 21.5 Å². The number of Topliss-reactive ketones (excluding diaryl/α,β-unsaturated/α-hetero) is 1. The first-order chi connectivity index (χ1) is 10.1. The first-order valence-electron chi connectivity index (χ1n) is 7.05. The zero-order valence-corrected chi connectivity index (χ0v) is 12.2. The van der Waals surface area contributed by atoms with Crippen molar-refractivity contribution < 1.29 is 4.79 Å². The second-order valence-electron chi connectivity index (χ2n) is 5.32. The number of anilines is 1. The number of aromatic nitrogens is 1. The van der Waals surface area contributed by atoms with Crippen molar-refractivity contribution in [1.82, 2.24) is 4.98 Å². The second-order valence-corrected chi connectivity index (χ2v) is 5.32. The molecule has 0 radical (unpaired) electrons. The summed E-state index contributed by atoms with van der Waals surface area (Å²) in [7, 11) is 0. The maximum absolute atomic E-state index is 12.4. The van der Waals surface area contributed by atoms with Crippen LogP contribution in [0.3, 0.4) is 0 Å². The molecule has 0 unspecified atom stereocenters. The minimum absolute atomic E-state index is 0.0886. The van der Waals surface area contributed by atoms with Gasteiger partial charge in [0.15, 0.2) is 5.78 Å². The summed E-state index contributed by atoms with van der Waals surface area (Å²) in [6.45, 7) is 4.45. The fourth-order valence-electron chi connectivity index (χ4n) is 2.43. The number of benzene rings is 2. The lowest BCUT2D eigenvalue weighted by atomic mass is 10.1. The van der Waals surface area contributed by atoms with Crippen molar-refractivity contribution in [2.45, 2.75) is 13.8 Å². The summed E-state index contributed by atoms with van der Waals surface area (Å²) in [5.41, 5.74) is 5.18. The summed E-state index contributed by atoms with van der Waals surface area (Å²) in [6, 6.07) is 14.0. The summed E-state index contributed by atoms with van der Waals surface area (Å²) < 4.78 is 0. The fraction of sp³-hybridized carbons (Fsp3) is 0.167. The summed E-state index contributed by atoms with van der Waals surface area (Å²) >= 11 is 0. The van der Waals surface area contributed by atoms with Crippen molar-refractivity contribution in [3.05, 3.63) is 65.4 Å². The van der Waals surface area contributed by atoms with Crippen LogP contribution in [0.15, 0.2) is 48.7 Å². The molecular weight excluding hydrogens is 260 g/mol. The van der Waals surface area contributed by atoms with Gasteiger partial charge in [0.1, 0.15) is 0 Å². The van der Waals surface area contributed by atoms with Crippen LogP contribution in [0, 0.1) is 13.8 Å². The molecular formula is C18H18N2O. The highest BCUT2D eigenvalue weighted by Crippen LogP contribution is 2.19. The van der Waals surface area contributed by atoms with Gasteiger partial charge < -0.3 is 10.3 Å². The molecule has 0 amide bonds. The Hall–Kier alpha value is -2.55. The van der Waals surface area contributed by atoms with Gasteiger partial charge in [0.2, 0.25) is 0 Å². The molecule has 0 aliphatic carbocycles. The molecule has 0 spiro atoms. The number of nitrogens with one attached hydrogen (secondary N) is 2. The molecule has 0 fully saturated rings. The molecule has 1 heterocycles. The van der Waals surface area contributed by atoms with E-state index in [9.17, 15) is 4.79 Å². The van der Waals surface area contributed by atoms with Gasteiger partial charge in [-0.25, -0.2) is 0 Å². The molecule has 0 atom stereocenters. The van der Waals surface area contributed by atoms with E-state index in [0.29, 0.717) is 6.54 Å². The largest absolute Gasteiger partial charge is 0.378 e. The molecule has 2 aromatic carbocycles. The molecule has 0 aliphatic heterocycles. The Morgan fingerprint density at radius 2 is 1.90 bits per heavy atom. The third kappa shape index (κ3) is 2.68.